The van der Waals surface area contributed by atoms with Gasteiger partial charge in [-0.15, -0.1) is 0 Å². The molecule has 8 heterocycles. The Balaban J connectivity index is 0.000000132. The van der Waals surface area contributed by atoms with Gasteiger partial charge in [0.05, 0.1) is 34.3 Å². The Morgan fingerprint density at radius 2 is 0.714 bits per heavy atom. The van der Waals surface area contributed by atoms with E-state index in [2.05, 4.69) is 55.0 Å². The zero-order chi connectivity index (χ0) is 67.7. The fourth-order valence-electron chi connectivity index (χ4n) is 12.5. The molecule has 1 saturated carbocycles. The van der Waals surface area contributed by atoms with E-state index in [1.54, 1.807) is 9.80 Å². The maximum Gasteiger partial charge on any atom is 0.246 e. The molecule has 15 rings (SSSR count). The summed E-state index contributed by atoms with van der Waals surface area (Å²) in [7, 11) is 0. The molecule has 3 fully saturated rings. The molecule has 98 heavy (non-hydrogen) atoms. The highest BCUT2D eigenvalue weighted by Gasteiger charge is 2.33. The minimum Gasteiger partial charge on any atom is -0.457 e. The Morgan fingerprint density at radius 3 is 1.03 bits per heavy atom. The maximum absolute atomic E-state index is 12.0. The number of nitrogens with two attached hydrogens (primary N) is 3. The van der Waals surface area contributed by atoms with Gasteiger partial charge in [0.25, 0.3) is 0 Å². The molecule has 3 aliphatic rings. The summed E-state index contributed by atoms with van der Waals surface area (Å²) in [4.78, 5) is 65.2. The van der Waals surface area contributed by atoms with Gasteiger partial charge in [0.15, 0.2) is 16.9 Å². The third-order valence-corrected chi connectivity index (χ3v) is 17.4. The van der Waals surface area contributed by atoms with E-state index >= 15 is 0 Å². The number of nitrogens with one attached hydrogen (secondary N) is 1. The second-order valence-corrected chi connectivity index (χ2v) is 23.7. The molecule has 492 valence electrons. The van der Waals surface area contributed by atoms with Crippen LogP contribution in [0.2, 0.25) is 0 Å². The number of amides is 3. The molecule has 3 amide bonds. The first kappa shape index (κ1) is 64.1. The average Bonchev–Trinajstić information content (AvgIpc) is 1.62. The molecular weight excluding hydrogens is 1240 g/mol. The summed E-state index contributed by atoms with van der Waals surface area (Å²) in [6.07, 6.45) is 13.4. The van der Waals surface area contributed by atoms with Crippen LogP contribution < -0.4 is 36.7 Å². The lowest BCUT2D eigenvalue weighted by molar-refractivity contribution is -0.125. The van der Waals surface area contributed by atoms with Crippen LogP contribution in [0.1, 0.15) is 56.7 Å². The summed E-state index contributed by atoms with van der Waals surface area (Å²) < 4.78 is 23.4. The van der Waals surface area contributed by atoms with Gasteiger partial charge < -0.3 is 46.5 Å². The van der Waals surface area contributed by atoms with Crippen molar-refractivity contribution in [3.8, 4) is 68.3 Å². The van der Waals surface area contributed by atoms with Crippen molar-refractivity contribution in [1.29, 1.82) is 0 Å². The van der Waals surface area contributed by atoms with E-state index in [-0.39, 0.29) is 41.9 Å². The van der Waals surface area contributed by atoms with Gasteiger partial charge in [-0.05, 0) is 166 Å². The highest BCUT2D eigenvalue weighted by Crippen LogP contribution is 2.40. The molecule has 1 aliphatic carbocycles. The number of hydrogen-bond acceptors (Lipinski definition) is 18. The summed E-state index contributed by atoms with van der Waals surface area (Å²) in [5, 5.41) is 19.8. The van der Waals surface area contributed by atoms with Crippen molar-refractivity contribution in [3.05, 3.63) is 221 Å². The molecule has 0 unspecified atom stereocenters. The molecule has 0 bridgehead atoms. The SMILES string of the molecule is C=CC(=O)N1CC[C@@H](n2nc(-c3ccc(Oc4ccccc4)cc3)c3c(N)ncnc32)C1.C=CC(=O)N1CC[C@H](n2nc(-c3ccc(Oc4ccccc4)cc3)c3c(N)ncnc32)C1.C=CC(=O)NC1CCC(n2nc(-c3ccc(Oc4ccccc4)cc3)c3c(N)ncnc32)CC1. The summed E-state index contributed by atoms with van der Waals surface area (Å²) in [6.45, 7) is 13.1. The topological polar surface area (TPSA) is 306 Å². The standard InChI is InChI=1S/C26H26N6O2.2C24H22N6O2/c1-2-22(33)30-18-10-12-19(13-11-18)32-26-23(25(27)28-16-29-26)24(31-32)17-8-14-21(15-9-17)34-20-6-4-3-5-7-20;2*1-2-20(31)29-13-12-17(14-29)30-24-21(23(25)26-15-27-24)22(28-30)16-8-10-19(11-9-16)32-18-6-4-3-5-7-18/h2-9,14-16,18-19H,1,10-13H2,(H,30,33)(H2,27,28,29);2*2-11,15,17H,1,12-14H2,(H2,25,26,27)/t;2*17-/m.10/s1. The smallest absolute Gasteiger partial charge is 0.246 e. The molecule has 7 N–H and O–H groups in total. The van der Waals surface area contributed by atoms with E-state index in [0.29, 0.717) is 77.1 Å². The number of carbonyl (C=O) groups excluding carboxylic acids is 3. The normalized spacial score (nSPS) is 16.5. The summed E-state index contributed by atoms with van der Waals surface area (Å²) in [6, 6.07) is 52.4. The minimum absolute atomic E-state index is 0.00476. The van der Waals surface area contributed by atoms with Gasteiger partial charge >= 0.3 is 0 Å². The highest BCUT2D eigenvalue weighted by atomic mass is 16.5. The predicted octanol–water partition coefficient (Wildman–Crippen LogP) is 12.3. The average molecular weight is 1310 g/mol. The third kappa shape index (κ3) is 14.0. The molecule has 2 aliphatic heterocycles. The van der Waals surface area contributed by atoms with Crippen LogP contribution in [-0.2, 0) is 14.4 Å². The quantitative estimate of drug-likeness (QED) is 0.0653. The Bertz CT molecular complexity index is 4640. The van der Waals surface area contributed by atoms with Gasteiger partial charge in [0.2, 0.25) is 17.7 Å². The van der Waals surface area contributed by atoms with Gasteiger partial charge in [-0.25, -0.2) is 43.9 Å². The zero-order valence-corrected chi connectivity index (χ0v) is 53.5. The number of nitrogen functional groups attached to an aromatic ring is 3. The van der Waals surface area contributed by atoms with Crippen LogP contribution in [0, 0.1) is 0 Å². The minimum atomic E-state index is -0.129. The predicted molar refractivity (Wildman–Crippen MR) is 376 cm³/mol. The van der Waals surface area contributed by atoms with Crippen molar-refractivity contribution in [3.63, 3.8) is 0 Å². The number of para-hydroxylation sites is 3. The van der Waals surface area contributed by atoms with Crippen molar-refractivity contribution in [2.75, 3.05) is 43.4 Å². The molecule has 0 radical (unpaired) electrons. The third-order valence-electron chi connectivity index (χ3n) is 17.4. The molecule has 24 heteroatoms. The molecule has 0 spiro atoms. The number of rotatable bonds is 16. The maximum atomic E-state index is 12.0. The zero-order valence-electron chi connectivity index (χ0n) is 53.5. The number of ether oxygens (including phenoxy) is 3. The lowest BCUT2D eigenvalue weighted by Gasteiger charge is -2.29. The van der Waals surface area contributed by atoms with E-state index < -0.39 is 0 Å². The first-order chi connectivity index (χ1) is 47.9. The number of aromatic nitrogens is 12. The Hall–Kier alpha value is -12.6. The molecule has 2 saturated heterocycles. The van der Waals surface area contributed by atoms with Gasteiger partial charge in [-0.2, -0.15) is 15.3 Å². The van der Waals surface area contributed by atoms with Gasteiger partial charge in [-0.3, -0.25) is 14.4 Å². The van der Waals surface area contributed by atoms with E-state index in [1.807, 2.05) is 178 Å². The van der Waals surface area contributed by atoms with Crippen LogP contribution in [0.15, 0.2) is 221 Å². The van der Waals surface area contributed by atoms with Crippen molar-refractivity contribution < 1.29 is 28.6 Å². The number of likely N-dealkylation sites (tertiary alicyclic amines) is 2. The van der Waals surface area contributed by atoms with Gasteiger partial charge in [-0.1, -0.05) is 74.3 Å². The Morgan fingerprint density at radius 1 is 0.398 bits per heavy atom. The second-order valence-electron chi connectivity index (χ2n) is 23.7. The van der Waals surface area contributed by atoms with E-state index in [9.17, 15) is 14.4 Å². The van der Waals surface area contributed by atoms with E-state index in [1.165, 1.54) is 37.2 Å². The summed E-state index contributed by atoms with van der Waals surface area (Å²) in [5.74, 6) is 5.38. The first-order valence-corrected chi connectivity index (χ1v) is 32.1. The molecule has 12 aromatic rings. The van der Waals surface area contributed by atoms with E-state index in [4.69, 9.17) is 46.7 Å². The Labute approximate surface area is 563 Å². The fourth-order valence-corrected chi connectivity index (χ4v) is 12.5. The number of carbonyl (C=O) groups is 3. The van der Waals surface area contributed by atoms with E-state index in [0.717, 1.165) is 106 Å². The monoisotopic (exact) mass is 1310 g/mol. The highest BCUT2D eigenvalue weighted by molar-refractivity contribution is 6.00. The molecule has 2 atom stereocenters. The van der Waals surface area contributed by atoms with Crippen LogP contribution >= 0.6 is 0 Å². The number of fused-ring (bicyclic) bond motifs is 3. The van der Waals surface area contributed by atoms with Crippen LogP contribution in [-0.4, -0.2) is 119 Å². The van der Waals surface area contributed by atoms with Crippen molar-refractivity contribution in [1.82, 2.24) is 74.4 Å². The van der Waals surface area contributed by atoms with Crippen molar-refractivity contribution in [2.24, 2.45) is 0 Å². The van der Waals surface area contributed by atoms with Crippen LogP contribution in [0.25, 0.3) is 66.9 Å². The lowest BCUT2D eigenvalue weighted by Crippen LogP contribution is -2.37. The lowest BCUT2D eigenvalue weighted by atomic mass is 9.91. The largest absolute Gasteiger partial charge is 0.457 e. The summed E-state index contributed by atoms with van der Waals surface area (Å²) >= 11 is 0. The molecule has 6 aromatic carbocycles. The molecule has 24 nitrogen and oxygen atoms in total. The first-order valence-electron chi connectivity index (χ1n) is 32.1. The van der Waals surface area contributed by atoms with Gasteiger partial charge in [0, 0.05) is 48.9 Å². The number of anilines is 3. The van der Waals surface area contributed by atoms with Crippen molar-refractivity contribution in [2.45, 2.75) is 62.7 Å². The second kappa shape index (κ2) is 29.0. The fraction of sp³-hybridized carbons (Fsp3) is 0.189. The number of nitrogens with zero attached hydrogens (tertiary/aromatic N) is 14. The molecular formula is C74H70N18O6. The van der Waals surface area contributed by atoms with Gasteiger partial charge in [0.1, 0.15) is 88.0 Å². The van der Waals surface area contributed by atoms with Crippen LogP contribution in [0.5, 0.6) is 34.5 Å². The Kier molecular flexibility index (Phi) is 18.9. The molecule has 6 aromatic heterocycles. The van der Waals surface area contributed by atoms with Crippen LogP contribution in [0.3, 0.4) is 0 Å². The van der Waals surface area contributed by atoms with Crippen LogP contribution in [0.4, 0.5) is 17.5 Å². The number of benzene rings is 6. The number of hydrogen-bond donors (Lipinski definition) is 4. The summed E-state index contributed by atoms with van der Waals surface area (Å²) in [5.41, 5.74) is 25.6. The van der Waals surface area contributed by atoms with Crippen molar-refractivity contribution >= 4 is 68.3 Å².